The lowest BCUT2D eigenvalue weighted by Gasteiger charge is -2.12. The summed E-state index contributed by atoms with van der Waals surface area (Å²) in [5.74, 6) is -0.210. The van der Waals surface area contributed by atoms with Crippen LogP contribution >= 0.6 is 11.5 Å². The van der Waals surface area contributed by atoms with Crippen molar-refractivity contribution in [3.05, 3.63) is 10.6 Å². The third-order valence-corrected chi connectivity index (χ3v) is 2.73. The molecule has 0 spiro atoms. The second-order valence-electron chi connectivity index (χ2n) is 2.95. The first-order valence-corrected chi connectivity index (χ1v) is 5.17. The van der Waals surface area contributed by atoms with E-state index in [1.54, 1.807) is 6.92 Å². The summed E-state index contributed by atoms with van der Waals surface area (Å²) in [5, 5.41) is 15.3. The summed E-state index contributed by atoms with van der Waals surface area (Å²) in [6, 6.07) is -0.191. The molecule has 1 rings (SSSR count). The minimum Gasteiger partial charge on any atom is -0.394 e. The van der Waals surface area contributed by atoms with E-state index in [-0.39, 0.29) is 18.6 Å². The van der Waals surface area contributed by atoms with Crippen molar-refractivity contribution >= 4 is 17.4 Å². The molecule has 2 N–H and O–H groups in total. The number of aromatic nitrogens is 2. The Hall–Kier alpha value is -1.01. The number of aliphatic hydroxyl groups excluding tert-OH is 1. The quantitative estimate of drug-likeness (QED) is 0.759. The molecule has 0 bridgehead atoms. The van der Waals surface area contributed by atoms with Crippen molar-refractivity contribution in [2.24, 2.45) is 0 Å². The van der Waals surface area contributed by atoms with Crippen molar-refractivity contribution in [2.45, 2.75) is 26.3 Å². The zero-order valence-electron chi connectivity index (χ0n) is 8.15. The molecule has 0 aliphatic carbocycles. The molecule has 1 aromatic heterocycles. The van der Waals surface area contributed by atoms with Crippen molar-refractivity contribution in [1.82, 2.24) is 14.9 Å². The van der Waals surface area contributed by atoms with Crippen molar-refractivity contribution in [1.29, 1.82) is 0 Å². The van der Waals surface area contributed by atoms with Crippen LogP contribution in [-0.2, 0) is 0 Å². The maximum absolute atomic E-state index is 11.6. The number of aryl methyl sites for hydroxylation is 1. The molecule has 0 radical (unpaired) electrons. The molecule has 6 heteroatoms. The molecule has 14 heavy (non-hydrogen) atoms. The molecule has 0 aromatic carbocycles. The van der Waals surface area contributed by atoms with Crippen LogP contribution in [0.4, 0.5) is 0 Å². The first kappa shape index (κ1) is 11.1. The molecule has 78 valence electrons. The Balaban J connectivity index is 2.63. The van der Waals surface area contributed by atoms with Gasteiger partial charge in [-0.05, 0) is 24.9 Å². The molecule has 0 aliphatic rings. The normalized spacial score (nSPS) is 12.5. The zero-order valence-corrected chi connectivity index (χ0v) is 8.97. The standard InChI is InChI=1S/C8H13N3O2S/c1-3-6(4-12)9-8(13)7-5(2)10-11-14-7/h6,12H,3-4H2,1-2H3,(H,9,13). The van der Waals surface area contributed by atoms with Gasteiger partial charge in [0.25, 0.3) is 5.91 Å². The highest BCUT2D eigenvalue weighted by atomic mass is 32.1. The Bertz CT molecular complexity index is 309. The SMILES string of the molecule is CCC(CO)NC(=O)c1snnc1C. The first-order chi connectivity index (χ1) is 6.69. The van der Waals surface area contributed by atoms with Gasteiger partial charge in [0, 0.05) is 0 Å². The van der Waals surface area contributed by atoms with Crippen LogP contribution in [0, 0.1) is 6.92 Å². The number of aliphatic hydroxyl groups is 1. The van der Waals surface area contributed by atoms with E-state index in [0.29, 0.717) is 17.0 Å². The van der Waals surface area contributed by atoms with Crippen molar-refractivity contribution < 1.29 is 9.90 Å². The van der Waals surface area contributed by atoms with Gasteiger partial charge in [0.05, 0.1) is 18.3 Å². The number of carbonyl (C=O) groups excluding carboxylic acids is 1. The van der Waals surface area contributed by atoms with Crippen LogP contribution in [0.25, 0.3) is 0 Å². The van der Waals surface area contributed by atoms with Crippen LogP contribution in [0.5, 0.6) is 0 Å². The van der Waals surface area contributed by atoms with E-state index in [0.717, 1.165) is 11.5 Å². The average Bonchev–Trinajstić information content (AvgIpc) is 2.60. The van der Waals surface area contributed by atoms with Crippen LogP contribution in [0.15, 0.2) is 0 Å². The fourth-order valence-electron chi connectivity index (χ4n) is 0.967. The number of hydrogen-bond acceptors (Lipinski definition) is 5. The van der Waals surface area contributed by atoms with E-state index >= 15 is 0 Å². The molecule has 1 amide bonds. The van der Waals surface area contributed by atoms with E-state index in [1.165, 1.54) is 0 Å². The highest BCUT2D eigenvalue weighted by Gasteiger charge is 2.15. The van der Waals surface area contributed by atoms with Crippen LogP contribution in [0.2, 0.25) is 0 Å². The fraction of sp³-hybridized carbons (Fsp3) is 0.625. The Morgan fingerprint density at radius 3 is 2.86 bits per heavy atom. The molecule has 1 aromatic rings. The van der Waals surface area contributed by atoms with Crippen molar-refractivity contribution in [3.63, 3.8) is 0 Å². The van der Waals surface area contributed by atoms with Gasteiger partial charge in [-0.1, -0.05) is 11.4 Å². The van der Waals surface area contributed by atoms with Crippen LogP contribution in [-0.4, -0.2) is 33.2 Å². The van der Waals surface area contributed by atoms with Gasteiger partial charge < -0.3 is 10.4 Å². The molecular weight excluding hydrogens is 202 g/mol. The molecule has 0 aliphatic heterocycles. The summed E-state index contributed by atoms with van der Waals surface area (Å²) in [5.41, 5.74) is 0.625. The number of nitrogens with zero attached hydrogens (tertiary/aromatic N) is 2. The summed E-state index contributed by atoms with van der Waals surface area (Å²) in [6.07, 6.45) is 0.702. The van der Waals surface area contributed by atoms with Gasteiger partial charge in [-0.25, -0.2) is 0 Å². The molecule has 5 nitrogen and oxygen atoms in total. The number of amides is 1. The minimum atomic E-state index is -0.210. The molecule has 1 heterocycles. The average molecular weight is 215 g/mol. The summed E-state index contributed by atoms with van der Waals surface area (Å²) in [6.45, 7) is 3.59. The van der Waals surface area contributed by atoms with Crippen LogP contribution < -0.4 is 5.32 Å². The number of rotatable bonds is 4. The Morgan fingerprint density at radius 1 is 1.71 bits per heavy atom. The van der Waals surface area contributed by atoms with Crippen LogP contribution in [0.1, 0.15) is 28.7 Å². The summed E-state index contributed by atoms with van der Waals surface area (Å²) in [7, 11) is 0. The third-order valence-electron chi connectivity index (χ3n) is 1.91. The molecule has 0 fully saturated rings. The smallest absolute Gasteiger partial charge is 0.265 e. The van der Waals surface area contributed by atoms with Gasteiger partial charge in [-0.15, -0.1) is 5.10 Å². The topological polar surface area (TPSA) is 75.1 Å². The minimum absolute atomic E-state index is 0.0481. The van der Waals surface area contributed by atoms with Gasteiger partial charge in [0.15, 0.2) is 0 Å². The van der Waals surface area contributed by atoms with E-state index < -0.39 is 0 Å². The first-order valence-electron chi connectivity index (χ1n) is 4.39. The molecule has 1 atom stereocenters. The zero-order chi connectivity index (χ0) is 10.6. The monoisotopic (exact) mass is 215 g/mol. The van der Waals surface area contributed by atoms with Gasteiger partial charge in [0.2, 0.25) is 0 Å². The van der Waals surface area contributed by atoms with Crippen LogP contribution in [0.3, 0.4) is 0 Å². The number of nitrogens with one attached hydrogen (secondary N) is 1. The second-order valence-corrected chi connectivity index (χ2v) is 3.70. The number of carbonyl (C=O) groups is 1. The largest absolute Gasteiger partial charge is 0.394 e. The summed E-state index contributed by atoms with van der Waals surface area (Å²) >= 11 is 1.07. The molecular formula is C8H13N3O2S. The van der Waals surface area contributed by atoms with Gasteiger partial charge in [0.1, 0.15) is 4.88 Å². The second kappa shape index (κ2) is 5.02. The van der Waals surface area contributed by atoms with E-state index in [2.05, 4.69) is 14.9 Å². The summed E-state index contributed by atoms with van der Waals surface area (Å²) < 4.78 is 3.67. The van der Waals surface area contributed by atoms with Crippen molar-refractivity contribution in [2.75, 3.05) is 6.61 Å². The molecule has 1 unspecified atom stereocenters. The van der Waals surface area contributed by atoms with Crippen molar-refractivity contribution in [3.8, 4) is 0 Å². The maximum Gasteiger partial charge on any atom is 0.265 e. The fourth-order valence-corrected chi connectivity index (χ4v) is 1.53. The van der Waals surface area contributed by atoms with Gasteiger partial charge in [-0.2, -0.15) is 0 Å². The summed E-state index contributed by atoms with van der Waals surface area (Å²) in [4.78, 5) is 12.1. The van der Waals surface area contributed by atoms with Gasteiger partial charge >= 0.3 is 0 Å². The predicted molar refractivity (Wildman–Crippen MR) is 53.3 cm³/mol. The lowest BCUT2D eigenvalue weighted by atomic mass is 10.2. The maximum atomic E-state index is 11.6. The lowest BCUT2D eigenvalue weighted by Crippen LogP contribution is -2.36. The number of hydrogen-bond donors (Lipinski definition) is 2. The van der Waals surface area contributed by atoms with E-state index in [9.17, 15) is 4.79 Å². The Labute approximate surface area is 86.3 Å². The predicted octanol–water partition coefficient (Wildman–Crippen LogP) is 0.347. The van der Waals surface area contributed by atoms with E-state index in [1.807, 2.05) is 6.92 Å². The highest BCUT2D eigenvalue weighted by Crippen LogP contribution is 2.08. The molecule has 0 saturated carbocycles. The Morgan fingerprint density at radius 2 is 2.43 bits per heavy atom. The molecule has 0 saturated heterocycles. The van der Waals surface area contributed by atoms with E-state index in [4.69, 9.17) is 5.11 Å². The van der Waals surface area contributed by atoms with Gasteiger partial charge in [-0.3, -0.25) is 4.79 Å². The lowest BCUT2D eigenvalue weighted by molar-refractivity contribution is 0.0918. The highest BCUT2D eigenvalue weighted by molar-refractivity contribution is 7.07. The third kappa shape index (κ3) is 2.49. The Kier molecular flexibility index (Phi) is 3.97.